The van der Waals surface area contributed by atoms with E-state index in [9.17, 15) is 26.4 Å². The predicted octanol–water partition coefficient (Wildman–Crippen LogP) is -0.877. The molecular formula is C2H2F3NO4S. The van der Waals surface area contributed by atoms with Gasteiger partial charge >= 0.3 is 12.1 Å². The fourth-order valence-electron chi connectivity index (χ4n) is 0.137. The number of rotatable bonds is 2. The van der Waals surface area contributed by atoms with E-state index in [4.69, 9.17) is 0 Å². The molecule has 0 aromatic heterocycles. The summed E-state index contributed by atoms with van der Waals surface area (Å²) in [7, 11) is -3.37. The number of halogens is 3. The molecule has 5 nitrogen and oxygen atoms in total. The Bertz CT molecular complexity index is 212. The first-order valence-electron chi connectivity index (χ1n) is 2.02. The van der Waals surface area contributed by atoms with E-state index in [-0.39, 0.29) is 0 Å². The lowest BCUT2D eigenvalue weighted by Crippen LogP contribution is -2.30. The summed E-state index contributed by atoms with van der Waals surface area (Å²) in [6.07, 6.45) is -5.20. The van der Waals surface area contributed by atoms with Gasteiger partial charge in [-0.05, 0) is 4.89 Å². The lowest BCUT2D eigenvalue weighted by Gasteiger charge is -2.02. The lowest BCUT2D eigenvalue weighted by molar-refractivity contribution is -0.203. The molecule has 11 heavy (non-hydrogen) atoms. The Morgan fingerprint density at radius 3 is 2.09 bits per heavy atom. The summed E-state index contributed by atoms with van der Waals surface area (Å²) in [5.41, 5.74) is 0. The van der Waals surface area contributed by atoms with Gasteiger partial charge in [-0.15, -0.1) is 0 Å². The number of hydrogen-bond acceptors (Lipinski definition) is 4. The van der Waals surface area contributed by atoms with Gasteiger partial charge in [0.1, 0.15) is 0 Å². The molecule has 1 N–H and O–H groups in total. The molecule has 0 aromatic rings. The Kier molecular flexibility index (Phi) is 3.26. The average Bonchev–Trinajstić information content (AvgIpc) is 1.80. The maximum absolute atomic E-state index is 11.2. The van der Waals surface area contributed by atoms with Gasteiger partial charge in [-0.1, -0.05) is 0 Å². The molecule has 0 saturated heterocycles. The molecule has 0 bridgehead atoms. The minimum absolute atomic E-state index is 0.836. The highest BCUT2D eigenvalue weighted by Crippen LogP contribution is 2.15. The summed E-state index contributed by atoms with van der Waals surface area (Å²) in [5, 5.41) is 0. The lowest BCUT2D eigenvalue weighted by atomic mass is 10.7. The summed E-state index contributed by atoms with van der Waals surface area (Å²) in [6.45, 7) is 0. The van der Waals surface area contributed by atoms with Crippen LogP contribution in [0.4, 0.5) is 13.2 Å². The van der Waals surface area contributed by atoms with E-state index >= 15 is 0 Å². The van der Waals surface area contributed by atoms with Gasteiger partial charge in [0.15, 0.2) is 0 Å². The van der Waals surface area contributed by atoms with Crippen LogP contribution in [0, 0.1) is 0 Å². The minimum Gasteiger partial charge on any atom is -0.349 e. The Balaban J connectivity index is 3.90. The average molecular weight is 193 g/mol. The van der Waals surface area contributed by atoms with Crippen molar-refractivity contribution in [2.24, 2.45) is 0 Å². The molecule has 66 valence electrons. The molecule has 0 unspecified atom stereocenters. The zero-order valence-corrected chi connectivity index (χ0v) is 5.61. The van der Waals surface area contributed by atoms with E-state index in [1.54, 1.807) is 0 Å². The predicted molar refractivity (Wildman–Crippen MR) is 25.6 cm³/mol. The first kappa shape index (κ1) is 10.2. The Hall–Kier alpha value is -0.830. The van der Waals surface area contributed by atoms with Gasteiger partial charge < -0.3 is 4.84 Å². The van der Waals surface area contributed by atoms with Crippen LogP contribution < -0.4 is 4.89 Å². The molecule has 0 aromatic carbocycles. The fourth-order valence-corrected chi connectivity index (χ4v) is 0.294. The maximum Gasteiger partial charge on any atom is 0.492 e. The van der Waals surface area contributed by atoms with E-state index in [1.807, 2.05) is 0 Å². The topological polar surface area (TPSA) is 72.5 Å². The number of nitrogens with one attached hydrogen (secondary N) is 1. The molecule has 0 atom stereocenters. The molecule has 0 aliphatic rings. The Morgan fingerprint density at radius 2 is 1.82 bits per heavy atom. The summed E-state index contributed by atoms with van der Waals surface area (Å²) in [4.78, 5) is 13.6. The van der Waals surface area contributed by atoms with Crippen LogP contribution in [0.25, 0.3) is 0 Å². The van der Waals surface area contributed by atoms with Crippen molar-refractivity contribution in [2.75, 3.05) is 0 Å². The van der Waals surface area contributed by atoms with E-state index in [0.717, 1.165) is 4.89 Å². The third kappa shape index (κ3) is 4.56. The number of carbonyl (C=O) groups is 1. The SMILES string of the molecule is O=C(ON[SH](=O)=O)C(F)(F)F. The van der Waals surface area contributed by atoms with E-state index in [0.29, 0.717) is 0 Å². The van der Waals surface area contributed by atoms with Crippen LogP contribution in [-0.4, -0.2) is 20.6 Å². The largest absolute Gasteiger partial charge is 0.492 e. The van der Waals surface area contributed by atoms with Crippen LogP contribution in [0.2, 0.25) is 0 Å². The number of carbonyl (C=O) groups excluding carboxylic acids is 1. The molecule has 0 saturated carbocycles. The van der Waals surface area contributed by atoms with Gasteiger partial charge in [-0.25, -0.2) is 13.2 Å². The summed E-state index contributed by atoms with van der Waals surface area (Å²) < 4.78 is 52.6. The van der Waals surface area contributed by atoms with Crippen LogP contribution in [0.1, 0.15) is 0 Å². The normalized spacial score (nSPS) is 11.6. The van der Waals surface area contributed by atoms with Gasteiger partial charge in [-0.3, -0.25) is 0 Å². The number of thiol groups is 1. The standard InChI is InChI=1S/C2H2F3NO4S/c3-2(4,5)1(7)10-6-11(8)9/h11H,(H,6,8,9). The Morgan fingerprint density at radius 1 is 1.36 bits per heavy atom. The summed E-state index contributed by atoms with van der Waals surface area (Å²) >= 11 is 0. The van der Waals surface area contributed by atoms with Crippen molar-refractivity contribution in [3.05, 3.63) is 0 Å². The molecular weight excluding hydrogens is 191 g/mol. The first-order chi connectivity index (χ1) is 4.84. The van der Waals surface area contributed by atoms with Crippen LogP contribution in [-0.2, 0) is 20.5 Å². The van der Waals surface area contributed by atoms with E-state index in [1.165, 1.54) is 0 Å². The van der Waals surface area contributed by atoms with Gasteiger partial charge in [0.05, 0.1) is 0 Å². The van der Waals surface area contributed by atoms with Crippen molar-refractivity contribution in [2.45, 2.75) is 6.18 Å². The molecule has 9 heteroatoms. The molecule has 0 aliphatic carbocycles. The monoisotopic (exact) mass is 193 g/mol. The van der Waals surface area contributed by atoms with Crippen molar-refractivity contribution >= 4 is 16.9 Å². The van der Waals surface area contributed by atoms with Crippen LogP contribution in [0.5, 0.6) is 0 Å². The van der Waals surface area contributed by atoms with Crippen molar-refractivity contribution in [3.8, 4) is 0 Å². The van der Waals surface area contributed by atoms with Gasteiger partial charge in [0, 0.05) is 0 Å². The highest BCUT2D eigenvalue weighted by atomic mass is 32.2. The first-order valence-corrected chi connectivity index (χ1v) is 3.20. The maximum atomic E-state index is 11.2. The second-order valence-corrected chi connectivity index (χ2v) is 1.93. The van der Waals surface area contributed by atoms with Gasteiger partial charge in [0.2, 0.25) is 10.9 Å². The second-order valence-electron chi connectivity index (χ2n) is 1.24. The fraction of sp³-hybridized carbons (Fsp3) is 0.500. The highest BCUT2D eigenvalue weighted by molar-refractivity contribution is 7.70. The van der Waals surface area contributed by atoms with Crippen molar-refractivity contribution in [3.63, 3.8) is 0 Å². The smallest absolute Gasteiger partial charge is 0.349 e. The van der Waals surface area contributed by atoms with Crippen LogP contribution in [0.15, 0.2) is 0 Å². The van der Waals surface area contributed by atoms with Crippen molar-refractivity contribution in [1.82, 2.24) is 4.89 Å². The number of alkyl halides is 3. The van der Waals surface area contributed by atoms with Crippen molar-refractivity contribution in [1.29, 1.82) is 0 Å². The zero-order valence-electron chi connectivity index (χ0n) is 4.71. The van der Waals surface area contributed by atoms with Gasteiger partial charge in [-0.2, -0.15) is 13.2 Å². The molecule has 0 amide bonds. The van der Waals surface area contributed by atoms with E-state index in [2.05, 4.69) is 4.84 Å². The molecule has 0 rings (SSSR count). The molecule has 0 heterocycles. The molecule has 0 fully saturated rings. The van der Waals surface area contributed by atoms with E-state index < -0.39 is 23.0 Å². The minimum atomic E-state index is -5.20. The third-order valence-corrected chi connectivity index (χ3v) is 0.685. The molecule has 0 radical (unpaired) electrons. The molecule has 0 spiro atoms. The number of hydrogen-bond donors (Lipinski definition) is 2. The zero-order chi connectivity index (χ0) is 9.07. The van der Waals surface area contributed by atoms with Crippen molar-refractivity contribution < 1.29 is 31.2 Å². The molecule has 0 aliphatic heterocycles. The quantitative estimate of drug-likeness (QED) is 0.441. The highest BCUT2D eigenvalue weighted by Gasteiger charge is 2.41. The Labute approximate surface area is 60.2 Å². The van der Waals surface area contributed by atoms with Crippen LogP contribution in [0.3, 0.4) is 0 Å². The summed E-state index contributed by atoms with van der Waals surface area (Å²) in [6, 6.07) is 0. The third-order valence-electron chi connectivity index (χ3n) is 0.444. The van der Waals surface area contributed by atoms with Gasteiger partial charge in [0.25, 0.3) is 0 Å². The summed E-state index contributed by atoms with van der Waals surface area (Å²) in [5.74, 6) is -2.61. The van der Waals surface area contributed by atoms with Crippen LogP contribution >= 0.6 is 0 Å². The second kappa shape index (κ2) is 3.53.